The van der Waals surface area contributed by atoms with Crippen LogP contribution in [0.1, 0.15) is 25.3 Å². The number of rotatable bonds is 13. The highest BCUT2D eigenvalue weighted by Crippen LogP contribution is 2.17. The van der Waals surface area contributed by atoms with Crippen molar-refractivity contribution in [1.82, 2.24) is 5.32 Å². The fourth-order valence-corrected chi connectivity index (χ4v) is 4.29. The summed E-state index contributed by atoms with van der Waals surface area (Å²) in [5.41, 5.74) is 1.66. The fraction of sp³-hybridized carbons (Fsp3) is 0.435. The number of ether oxygens (including phenoxy) is 2. The highest BCUT2D eigenvalue weighted by atomic mass is 127. The number of nitrogens with zero attached hydrogens (tertiary/aromatic N) is 1. The number of aliphatic imine (C=N–C) groups is 1. The van der Waals surface area contributed by atoms with Gasteiger partial charge in [-0.3, -0.25) is 4.99 Å². The molecule has 178 valence electrons. The monoisotopic (exact) mass is 575 g/mol. The summed E-state index contributed by atoms with van der Waals surface area (Å²) in [5, 5.41) is 6.42. The Hall–Kier alpha value is -1.85. The molecule has 32 heavy (non-hydrogen) atoms. The van der Waals surface area contributed by atoms with E-state index in [-0.39, 0.29) is 35.5 Å². The molecule has 0 atom stereocenters. The van der Waals surface area contributed by atoms with Crippen LogP contribution in [0.2, 0.25) is 0 Å². The molecule has 0 aliphatic heterocycles. The maximum Gasteiger partial charge on any atom is 0.195 e. The highest BCUT2D eigenvalue weighted by Gasteiger charge is 2.11. The van der Waals surface area contributed by atoms with E-state index in [4.69, 9.17) is 9.47 Å². The summed E-state index contributed by atoms with van der Waals surface area (Å²) in [4.78, 5) is 4.51. The number of anilines is 1. The number of hydrogen-bond acceptors (Lipinski definition) is 5. The standard InChI is InChI=1S/C23H33N3O4S.HI/c1-3-24-23(26-21-12-7-13-22(18-21)30-16-9-15-29-2)25-14-8-17-31(27,28)19-20-10-5-4-6-11-20;/h4-7,10-13,18H,3,8-9,14-17,19H2,1-2H3,(H2,24,25,26);1H. The second kappa shape index (κ2) is 15.9. The number of hydrogen-bond donors (Lipinski definition) is 2. The smallest absolute Gasteiger partial charge is 0.195 e. The van der Waals surface area contributed by atoms with Crippen LogP contribution in [0, 0.1) is 0 Å². The van der Waals surface area contributed by atoms with Crippen molar-refractivity contribution in [2.75, 3.05) is 44.5 Å². The highest BCUT2D eigenvalue weighted by molar-refractivity contribution is 14.0. The number of guanidine groups is 1. The summed E-state index contributed by atoms with van der Waals surface area (Å²) in [7, 11) is -1.49. The normalized spacial score (nSPS) is 11.5. The number of benzene rings is 2. The van der Waals surface area contributed by atoms with Crippen molar-refractivity contribution in [3.8, 4) is 5.75 Å². The molecular weight excluding hydrogens is 541 g/mol. The molecule has 0 bridgehead atoms. The number of sulfone groups is 1. The van der Waals surface area contributed by atoms with Crippen LogP contribution >= 0.6 is 24.0 Å². The lowest BCUT2D eigenvalue weighted by molar-refractivity contribution is 0.172. The molecule has 0 aliphatic carbocycles. The number of nitrogens with one attached hydrogen (secondary N) is 2. The molecule has 0 amide bonds. The minimum atomic E-state index is -3.16. The van der Waals surface area contributed by atoms with Crippen molar-refractivity contribution in [2.24, 2.45) is 4.99 Å². The van der Waals surface area contributed by atoms with Crippen LogP contribution in [0.4, 0.5) is 5.69 Å². The average molecular weight is 576 g/mol. The molecule has 0 heterocycles. The summed E-state index contributed by atoms with van der Waals surface area (Å²) >= 11 is 0. The Balaban J connectivity index is 0.00000512. The van der Waals surface area contributed by atoms with Gasteiger partial charge in [0.05, 0.1) is 18.1 Å². The Bertz CT molecular complexity index is 908. The van der Waals surface area contributed by atoms with Gasteiger partial charge in [0.2, 0.25) is 0 Å². The van der Waals surface area contributed by atoms with Gasteiger partial charge in [0.15, 0.2) is 15.8 Å². The van der Waals surface area contributed by atoms with Gasteiger partial charge in [-0.2, -0.15) is 0 Å². The van der Waals surface area contributed by atoms with Crippen LogP contribution in [-0.4, -0.2) is 53.5 Å². The molecule has 0 fully saturated rings. The van der Waals surface area contributed by atoms with E-state index in [9.17, 15) is 8.42 Å². The third-order valence-electron chi connectivity index (χ3n) is 4.32. The van der Waals surface area contributed by atoms with E-state index >= 15 is 0 Å². The van der Waals surface area contributed by atoms with Crippen molar-refractivity contribution < 1.29 is 17.9 Å². The molecule has 0 unspecified atom stereocenters. The Kier molecular flexibility index (Phi) is 14.0. The van der Waals surface area contributed by atoms with E-state index in [1.54, 1.807) is 7.11 Å². The van der Waals surface area contributed by atoms with Gasteiger partial charge in [-0.1, -0.05) is 36.4 Å². The molecule has 2 aromatic rings. The second-order valence-corrected chi connectivity index (χ2v) is 9.22. The summed E-state index contributed by atoms with van der Waals surface area (Å²) < 4.78 is 35.4. The molecular formula is C23H34IN3O4S. The van der Waals surface area contributed by atoms with E-state index in [1.807, 2.05) is 61.5 Å². The lowest BCUT2D eigenvalue weighted by Crippen LogP contribution is -2.30. The summed E-state index contributed by atoms with van der Waals surface area (Å²) in [6.07, 6.45) is 1.29. The van der Waals surface area contributed by atoms with E-state index in [0.29, 0.717) is 38.7 Å². The van der Waals surface area contributed by atoms with Gasteiger partial charge in [0.25, 0.3) is 0 Å². The zero-order valence-corrected chi connectivity index (χ0v) is 21.9. The van der Waals surface area contributed by atoms with Gasteiger partial charge in [-0.05, 0) is 31.0 Å². The molecule has 0 aliphatic rings. The van der Waals surface area contributed by atoms with Gasteiger partial charge >= 0.3 is 0 Å². The minimum absolute atomic E-state index is 0. The van der Waals surface area contributed by atoms with Gasteiger partial charge in [-0.15, -0.1) is 24.0 Å². The van der Waals surface area contributed by atoms with Crippen molar-refractivity contribution in [1.29, 1.82) is 0 Å². The third kappa shape index (κ3) is 11.7. The van der Waals surface area contributed by atoms with Crippen LogP contribution in [0.3, 0.4) is 0 Å². The van der Waals surface area contributed by atoms with Gasteiger partial charge in [-0.25, -0.2) is 8.42 Å². The molecule has 0 saturated heterocycles. The molecule has 2 N–H and O–H groups in total. The molecule has 0 spiro atoms. The number of halogens is 1. The maximum absolute atomic E-state index is 12.3. The Morgan fingerprint density at radius 3 is 2.53 bits per heavy atom. The molecule has 9 heteroatoms. The Morgan fingerprint density at radius 1 is 1.03 bits per heavy atom. The lowest BCUT2D eigenvalue weighted by Gasteiger charge is -2.13. The minimum Gasteiger partial charge on any atom is -0.493 e. The predicted octanol–water partition coefficient (Wildman–Crippen LogP) is 4.10. The lowest BCUT2D eigenvalue weighted by atomic mass is 10.2. The van der Waals surface area contributed by atoms with Crippen LogP contribution < -0.4 is 15.4 Å². The zero-order valence-electron chi connectivity index (χ0n) is 18.7. The zero-order chi connectivity index (χ0) is 22.4. The summed E-state index contributed by atoms with van der Waals surface area (Å²) in [6.45, 7) is 4.35. The first kappa shape index (κ1) is 28.2. The third-order valence-corrected chi connectivity index (χ3v) is 6.00. The van der Waals surface area contributed by atoms with Crippen LogP contribution in [0.5, 0.6) is 5.75 Å². The van der Waals surface area contributed by atoms with Crippen molar-refractivity contribution in [3.63, 3.8) is 0 Å². The molecule has 0 saturated carbocycles. The summed E-state index contributed by atoms with van der Waals surface area (Å²) in [5.74, 6) is 1.55. The van der Waals surface area contributed by atoms with Crippen LogP contribution in [0.25, 0.3) is 0 Å². The van der Waals surface area contributed by atoms with Crippen LogP contribution in [0.15, 0.2) is 59.6 Å². The summed E-state index contributed by atoms with van der Waals surface area (Å²) in [6, 6.07) is 16.9. The van der Waals surface area contributed by atoms with Crippen molar-refractivity contribution in [3.05, 3.63) is 60.2 Å². The fourth-order valence-electron chi connectivity index (χ4n) is 2.88. The Labute approximate surface area is 208 Å². The van der Waals surface area contributed by atoms with Gasteiger partial charge in [0, 0.05) is 45.0 Å². The van der Waals surface area contributed by atoms with Crippen LogP contribution in [-0.2, 0) is 20.3 Å². The van der Waals surface area contributed by atoms with E-state index in [1.165, 1.54) is 0 Å². The first-order chi connectivity index (χ1) is 15.0. The largest absolute Gasteiger partial charge is 0.493 e. The Morgan fingerprint density at radius 2 is 1.81 bits per heavy atom. The SMILES string of the molecule is CCNC(=NCCCS(=O)(=O)Cc1ccccc1)Nc1cccc(OCCCOC)c1.I. The second-order valence-electron chi connectivity index (χ2n) is 7.04. The molecule has 0 aromatic heterocycles. The van der Waals surface area contributed by atoms with E-state index < -0.39 is 9.84 Å². The molecule has 2 rings (SSSR count). The first-order valence-corrected chi connectivity index (χ1v) is 12.4. The predicted molar refractivity (Wildman–Crippen MR) is 142 cm³/mol. The van der Waals surface area contributed by atoms with Gasteiger partial charge < -0.3 is 20.1 Å². The van der Waals surface area contributed by atoms with Gasteiger partial charge in [0.1, 0.15) is 5.75 Å². The topological polar surface area (TPSA) is 89.0 Å². The maximum atomic E-state index is 12.3. The van der Waals surface area contributed by atoms with Crippen molar-refractivity contribution >= 4 is 45.5 Å². The van der Waals surface area contributed by atoms with Crippen molar-refractivity contribution in [2.45, 2.75) is 25.5 Å². The quantitative estimate of drug-likeness (QED) is 0.162. The first-order valence-electron chi connectivity index (χ1n) is 10.5. The molecule has 2 aromatic carbocycles. The average Bonchev–Trinajstić information content (AvgIpc) is 2.75. The van der Waals surface area contributed by atoms with E-state index in [0.717, 1.165) is 23.4 Å². The molecule has 7 nitrogen and oxygen atoms in total. The van der Waals surface area contributed by atoms with E-state index in [2.05, 4.69) is 15.6 Å². The number of methoxy groups -OCH3 is 1. The molecule has 0 radical (unpaired) electrons.